The highest BCUT2D eigenvalue weighted by Gasteiger charge is 2.33. The molecule has 1 aliphatic heterocycles. The minimum atomic E-state index is -0.935. The first-order chi connectivity index (χ1) is 16.0. The largest absolute Gasteiger partial charge is 0.383 e. The van der Waals surface area contributed by atoms with E-state index in [2.05, 4.69) is 67.3 Å². The van der Waals surface area contributed by atoms with Gasteiger partial charge >= 0.3 is 0 Å². The van der Waals surface area contributed by atoms with Crippen molar-refractivity contribution >= 4 is 23.7 Å². The van der Waals surface area contributed by atoms with Crippen molar-refractivity contribution in [1.82, 2.24) is 4.90 Å². The van der Waals surface area contributed by atoms with Gasteiger partial charge in [-0.25, -0.2) is 0 Å². The van der Waals surface area contributed by atoms with Crippen molar-refractivity contribution < 1.29 is 14.7 Å². The van der Waals surface area contributed by atoms with Crippen LogP contribution in [0.25, 0.3) is 0 Å². The molecule has 33 heavy (non-hydrogen) atoms. The summed E-state index contributed by atoms with van der Waals surface area (Å²) in [7, 11) is 0. The molecular weight excluding hydrogens is 432 g/mol. The van der Waals surface area contributed by atoms with E-state index in [0.717, 1.165) is 32.2 Å². The Hall–Kier alpha value is -2.96. The minimum absolute atomic E-state index is 0.0891. The number of likely N-dealkylation sites (tertiary alicyclic amines) is 1. The van der Waals surface area contributed by atoms with Gasteiger partial charge in [-0.2, -0.15) is 0 Å². The summed E-state index contributed by atoms with van der Waals surface area (Å²) >= 11 is 1.78. The van der Waals surface area contributed by atoms with Gasteiger partial charge in [0.15, 0.2) is 0 Å². The summed E-state index contributed by atoms with van der Waals surface area (Å²) in [5, 5.41) is 10.6. The summed E-state index contributed by atoms with van der Waals surface area (Å²) in [4.78, 5) is 26.0. The fraction of sp³-hybridized carbons (Fsp3) is 0.333. The zero-order valence-corrected chi connectivity index (χ0v) is 19.8. The maximum Gasteiger partial charge on any atom is 0.251 e. The fourth-order valence-corrected chi connectivity index (χ4v) is 5.36. The standard InChI is InChI=1S/C26H29NO2S.CH3NO/c1-19-7-5-10-21(17-19)24-11-6-16-27(24)26(29)25(28)15-14-22-12-13-23(30-22)18-20-8-3-2-4-9-20;2-1-3/h2-5,7-10,12-13,17,24-25,28H,6,11,14-16,18H2,1H3;1H,(H2,2,3). The van der Waals surface area contributed by atoms with Crippen molar-refractivity contribution in [2.24, 2.45) is 5.73 Å². The molecule has 2 amide bonds. The molecule has 2 heterocycles. The summed E-state index contributed by atoms with van der Waals surface area (Å²) < 4.78 is 0. The van der Waals surface area contributed by atoms with E-state index in [1.54, 1.807) is 11.3 Å². The Morgan fingerprint density at radius 3 is 2.61 bits per heavy atom. The molecule has 4 rings (SSSR count). The van der Waals surface area contributed by atoms with Gasteiger partial charge in [-0.3, -0.25) is 9.59 Å². The Balaban J connectivity index is 0.000000968. The number of amides is 2. The molecule has 1 saturated heterocycles. The third kappa shape index (κ3) is 7.01. The molecule has 0 saturated carbocycles. The van der Waals surface area contributed by atoms with E-state index in [1.165, 1.54) is 26.4 Å². The Labute approximate surface area is 199 Å². The van der Waals surface area contributed by atoms with Crippen LogP contribution in [0.1, 0.15) is 51.7 Å². The average Bonchev–Trinajstić information content (AvgIpc) is 3.48. The number of rotatable bonds is 7. The average molecular weight is 465 g/mol. The molecule has 2 aromatic carbocycles. The van der Waals surface area contributed by atoms with Gasteiger partial charge < -0.3 is 15.7 Å². The lowest BCUT2D eigenvalue weighted by atomic mass is 10.0. The molecule has 2 unspecified atom stereocenters. The lowest BCUT2D eigenvalue weighted by Gasteiger charge is -2.27. The molecule has 5 nitrogen and oxygen atoms in total. The third-order valence-corrected chi connectivity index (χ3v) is 7.00. The van der Waals surface area contributed by atoms with Gasteiger partial charge in [-0.1, -0.05) is 60.2 Å². The Kier molecular flexibility index (Phi) is 9.22. The number of carbonyl (C=O) groups excluding carboxylic acids is 2. The number of nitrogens with zero attached hydrogens (tertiary/aromatic N) is 1. The number of aliphatic hydroxyl groups excluding tert-OH is 1. The van der Waals surface area contributed by atoms with E-state index in [4.69, 9.17) is 4.79 Å². The van der Waals surface area contributed by atoms with Crippen LogP contribution in [0.2, 0.25) is 0 Å². The summed E-state index contributed by atoms with van der Waals surface area (Å²) in [6, 6.07) is 23.2. The van der Waals surface area contributed by atoms with Crippen molar-refractivity contribution in [3.63, 3.8) is 0 Å². The van der Waals surface area contributed by atoms with Gasteiger partial charge in [-0.05, 0) is 55.9 Å². The van der Waals surface area contributed by atoms with Crippen LogP contribution in [0, 0.1) is 6.92 Å². The number of aryl methyl sites for hydroxylation is 2. The van der Waals surface area contributed by atoms with E-state index in [0.29, 0.717) is 6.42 Å². The second kappa shape index (κ2) is 12.3. The van der Waals surface area contributed by atoms with E-state index in [1.807, 2.05) is 17.0 Å². The number of hydrogen-bond acceptors (Lipinski definition) is 4. The first-order valence-electron chi connectivity index (χ1n) is 11.3. The van der Waals surface area contributed by atoms with Gasteiger partial charge in [0.05, 0.1) is 6.04 Å². The fourth-order valence-electron chi connectivity index (χ4n) is 4.30. The Bertz CT molecular complexity index is 1030. The highest BCUT2D eigenvalue weighted by Crippen LogP contribution is 2.33. The van der Waals surface area contributed by atoms with E-state index >= 15 is 0 Å². The minimum Gasteiger partial charge on any atom is -0.383 e. The molecular formula is C27H32N2O3S. The van der Waals surface area contributed by atoms with Crippen molar-refractivity contribution in [3.8, 4) is 0 Å². The zero-order chi connectivity index (χ0) is 23.6. The molecule has 1 aromatic heterocycles. The van der Waals surface area contributed by atoms with Crippen LogP contribution in [0.3, 0.4) is 0 Å². The van der Waals surface area contributed by atoms with Crippen molar-refractivity contribution in [3.05, 3.63) is 93.2 Å². The predicted molar refractivity (Wildman–Crippen MR) is 133 cm³/mol. The van der Waals surface area contributed by atoms with Gasteiger partial charge in [0.2, 0.25) is 6.41 Å². The summed E-state index contributed by atoms with van der Waals surface area (Å²) in [5.41, 5.74) is 7.85. The first kappa shape index (κ1) is 24.7. The molecule has 0 spiro atoms. The number of nitrogens with two attached hydrogens (primary N) is 1. The normalized spacial score (nSPS) is 16.1. The molecule has 0 bridgehead atoms. The SMILES string of the molecule is Cc1cccc(C2CCCN2C(=O)C(O)CCc2ccc(Cc3ccccc3)s2)c1.NC=O. The second-order valence-electron chi connectivity index (χ2n) is 8.32. The maximum absolute atomic E-state index is 13.0. The van der Waals surface area contributed by atoms with Crippen molar-refractivity contribution in [1.29, 1.82) is 0 Å². The molecule has 1 fully saturated rings. The lowest BCUT2D eigenvalue weighted by molar-refractivity contribution is -0.141. The number of aliphatic hydroxyl groups is 1. The molecule has 1 aliphatic rings. The number of benzene rings is 2. The van der Waals surface area contributed by atoms with Crippen LogP contribution in [0.15, 0.2) is 66.7 Å². The smallest absolute Gasteiger partial charge is 0.251 e. The number of thiophene rings is 1. The van der Waals surface area contributed by atoms with Gasteiger partial charge in [0.25, 0.3) is 5.91 Å². The molecule has 174 valence electrons. The zero-order valence-electron chi connectivity index (χ0n) is 19.0. The van der Waals surface area contributed by atoms with Crippen molar-refractivity contribution in [2.75, 3.05) is 6.54 Å². The molecule has 3 N–H and O–H groups in total. The van der Waals surface area contributed by atoms with Crippen LogP contribution < -0.4 is 5.73 Å². The third-order valence-electron chi connectivity index (χ3n) is 5.85. The van der Waals surface area contributed by atoms with Gasteiger partial charge in [0, 0.05) is 22.7 Å². The van der Waals surface area contributed by atoms with Crippen LogP contribution in [0.5, 0.6) is 0 Å². The molecule has 0 radical (unpaired) electrons. The summed E-state index contributed by atoms with van der Waals surface area (Å²) in [6.45, 7) is 2.81. The number of primary amides is 1. The van der Waals surface area contributed by atoms with E-state index < -0.39 is 6.10 Å². The first-order valence-corrected chi connectivity index (χ1v) is 12.2. The summed E-state index contributed by atoms with van der Waals surface area (Å²) in [5.74, 6) is -0.125. The van der Waals surface area contributed by atoms with Gasteiger partial charge in [0.1, 0.15) is 6.10 Å². The van der Waals surface area contributed by atoms with Gasteiger partial charge in [-0.15, -0.1) is 11.3 Å². The monoisotopic (exact) mass is 464 g/mol. The summed E-state index contributed by atoms with van der Waals surface area (Å²) in [6.07, 6.45) is 3.41. The highest BCUT2D eigenvalue weighted by molar-refractivity contribution is 7.12. The number of hydrogen-bond donors (Lipinski definition) is 2. The topological polar surface area (TPSA) is 83.6 Å². The molecule has 6 heteroatoms. The molecule has 2 atom stereocenters. The Morgan fingerprint density at radius 2 is 1.88 bits per heavy atom. The quantitative estimate of drug-likeness (QED) is 0.508. The Morgan fingerprint density at radius 1 is 1.15 bits per heavy atom. The van der Waals surface area contributed by atoms with E-state index in [-0.39, 0.29) is 18.4 Å². The van der Waals surface area contributed by atoms with E-state index in [9.17, 15) is 9.90 Å². The van der Waals surface area contributed by atoms with Crippen LogP contribution >= 0.6 is 11.3 Å². The van der Waals surface area contributed by atoms with Crippen molar-refractivity contribution in [2.45, 2.75) is 51.2 Å². The second-order valence-corrected chi connectivity index (χ2v) is 9.58. The lowest BCUT2D eigenvalue weighted by Crippen LogP contribution is -2.39. The highest BCUT2D eigenvalue weighted by atomic mass is 32.1. The molecule has 3 aromatic rings. The maximum atomic E-state index is 13.0. The number of carbonyl (C=O) groups is 2. The van der Waals surface area contributed by atoms with Crippen LogP contribution in [0.4, 0.5) is 0 Å². The predicted octanol–water partition coefficient (Wildman–Crippen LogP) is 4.41. The van der Waals surface area contributed by atoms with Crippen LogP contribution in [-0.4, -0.2) is 35.0 Å². The molecule has 0 aliphatic carbocycles. The van der Waals surface area contributed by atoms with Crippen LogP contribution in [-0.2, 0) is 22.4 Å².